The zero-order valence-electron chi connectivity index (χ0n) is 14.1. The van der Waals surface area contributed by atoms with Crippen LogP contribution in [0.2, 0.25) is 0 Å². The Morgan fingerprint density at radius 2 is 1.95 bits per heavy atom. The molecule has 1 saturated carbocycles. The van der Waals surface area contributed by atoms with Gasteiger partial charge in [0.2, 0.25) is 0 Å². The van der Waals surface area contributed by atoms with Crippen LogP contribution in [0.25, 0.3) is 0 Å². The van der Waals surface area contributed by atoms with E-state index in [4.69, 9.17) is 0 Å². The van der Waals surface area contributed by atoms with E-state index in [1.807, 2.05) is 0 Å². The van der Waals surface area contributed by atoms with Gasteiger partial charge in [0.05, 0.1) is 11.5 Å². The first-order valence-electron chi connectivity index (χ1n) is 8.63. The molecule has 3 unspecified atom stereocenters. The summed E-state index contributed by atoms with van der Waals surface area (Å²) in [5, 5.41) is 6.95. The molecule has 0 radical (unpaired) electrons. The second-order valence-electron chi connectivity index (χ2n) is 7.27. The lowest BCUT2D eigenvalue weighted by molar-refractivity contribution is 0.306. The quantitative estimate of drug-likeness (QED) is 0.611. The number of rotatable bonds is 4. The number of guanidine groups is 1. The van der Waals surface area contributed by atoms with Gasteiger partial charge in [0, 0.05) is 18.6 Å². The highest BCUT2D eigenvalue weighted by molar-refractivity contribution is 7.91. The number of sulfone groups is 1. The van der Waals surface area contributed by atoms with Gasteiger partial charge in [-0.2, -0.15) is 0 Å². The van der Waals surface area contributed by atoms with Crippen LogP contribution in [0.5, 0.6) is 0 Å². The summed E-state index contributed by atoms with van der Waals surface area (Å²) in [6.45, 7) is 7.10. The molecule has 128 valence electrons. The third-order valence-corrected chi connectivity index (χ3v) is 6.53. The lowest BCUT2D eigenvalue weighted by Crippen LogP contribution is -2.49. The molecule has 5 nitrogen and oxygen atoms in total. The fourth-order valence-corrected chi connectivity index (χ4v) is 5.20. The molecule has 1 aliphatic carbocycles. The summed E-state index contributed by atoms with van der Waals surface area (Å²) in [7, 11) is -2.81. The summed E-state index contributed by atoms with van der Waals surface area (Å²) in [5.41, 5.74) is 0. The molecule has 1 heterocycles. The van der Waals surface area contributed by atoms with Gasteiger partial charge in [-0.25, -0.2) is 8.42 Å². The van der Waals surface area contributed by atoms with Crippen molar-refractivity contribution in [2.45, 2.75) is 65.0 Å². The fraction of sp³-hybridized carbons (Fsp3) is 0.938. The topological polar surface area (TPSA) is 70.6 Å². The van der Waals surface area contributed by atoms with Crippen LogP contribution in [-0.2, 0) is 9.84 Å². The number of hydrogen-bond donors (Lipinski definition) is 2. The van der Waals surface area contributed by atoms with Crippen LogP contribution in [-0.4, -0.2) is 44.5 Å². The van der Waals surface area contributed by atoms with E-state index in [1.54, 1.807) is 0 Å². The van der Waals surface area contributed by atoms with Crippen molar-refractivity contribution in [3.05, 3.63) is 0 Å². The average molecular weight is 330 g/mol. The van der Waals surface area contributed by atoms with Gasteiger partial charge in [-0.15, -0.1) is 0 Å². The summed E-state index contributed by atoms with van der Waals surface area (Å²) in [6, 6.07) is 0.795. The van der Waals surface area contributed by atoms with Crippen molar-refractivity contribution in [3.63, 3.8) is 0 Å². The van der Waals surface area contributed by atoms with E-state index >= 15 is 0 Å². The van der Waals surface area contributed by atoms with Crippen LogP contribution in [0.15, 0.2) is 4.99 Å². The van der Waals surface area contributed by atoms with Crippen LogP contribution < -0.4 is 10.6 Å². The summed E-state index contributed by atoms with van der Waals surface area (Å²) in [5.74, 6) is 2.32. The molecule has 0 aromatic heterocycles. The number of nitrogens with zero attached hydrogens (tertiary/aromatic N) is 1. The molecule has 0 spiro atoms. The molecule has 2 fully saturated rings. The molecule has 0 bridgehead atoms. The van der Waals surface area contributed by atoms with Crippen molar-refractivity contribution >= 4 is 15.8 Å². The standard InChI is InChI=1S/C16H31N3O2S/c1-12(2)18-16(19-15-7-5-4-6-13(15)3)17-10-14-8-9-22(20,21)11-14/h12-15H,4-11H2,1-3H3,(H2,17,18,19). The van der Waals surface area contributed by atoms with Gasteiger partial charge in [0.1, 0.15) is 0 Å². The van der Waals surface area contributed by atoms with E-state index in [9.17, 15) is 8.42 Å². The summed E-state index contributed by atoms with van der Waals surface area (Å²) >= 11 is 0. The normalized spacial score (nSPS) is 32.2. The SMILES string of the molecule is CC(C)NC(=NCC1CCS(=O)(=O)C1)NC1CCCCC1C. The Hall–Kier alpha value is -0.780. The molecule has 0 aromatic carbocycles. The highest BCUT2D eigenvalue weighted by atomic mass is 32.2. The smallest absolute Gasteiger partial charge is 0.191 e. The van der Waals surface area contributed by atoms with Crippen molar-refractivity contribution in [2.24, 2.45) is 16.8 Å². The Morgan fingerprint density at radius 3 is 2.55 bits per heavy atom. The molecule has 2 N–H and O–H groups in total. The minimum atomic E-state index is -2.81. The Kier molecular flexibility index (Phi) is 6.12. The fourth-order valence-electron chi connectivity index (χ4n) is 3.35. The molecule has 1 saturated heterocycles. The Morgan fingerprint density at radius 1 is 1.23 bits per heavy atom. The predicted octanol–water partition coefficient (Wildman–Crippen LogP) is 1.94. The van der Waals surface area contributed by atoms with Crippen molar-refractivity contribution < 1.29 is 8.42 Å². The van der Waals surface area contributed by atoms with Gasteiger partial charge >= 0.3 is 0 Å². The molecular formula is C16H31N3O2S. The molecule has 2 rings (SSSR count). The van der Waals surface area contributed by atoms with Crippen LogP contribution in [0.1, 0.15) is 52.9 Å². The van der Waals surface area contributed by atoms with Crippen LogP contribution in [0, 0.1) is 11.8 Å². The minimum Gasteiger partial charge on any atom is -0.354 e. The summed E-state index contributed by atoms with van der Waals surface area (Å²) in [6.07, 6.45) is 5.81. The maximum atomic E-state index is 11.5. The Balaban J connectivity index is 1.94. The van der Waals surface area contributed by atoms with Crippen LogP contribution in [0.3, 0.4) is 0 Å². The monoisotopic (exact) mass is 329 g/mol. The predicted molar refractivity (Wildman–Crippen MR) is 91.9 cm³/mol. The minimum absolute atomic E-state index is 0.180. The van der Waals surface area contributed by atoms with Crippen LogP contribution in [0.4, 0.5) is 0 Å². The molecule has 2 aliphatic rings. The zero-order chi connectivity index (χ0) is 16.2. The molecule has 1 aliphatic heterocycles. The van der Waals surface area contributed by atoms with Gasteiger partial charge in [-0.1, -0.05) is 19.8 Å². The second-order valence-corrected chi connectivity index (χ2v) is 9.50. The van der Waals surface area contributed by atoms with Crippen molar-refractivity contribution in [1.29, 1.82) is 0 Å². The van der Waals surface area contributed by atoms with Crippen molar-refractivity contribution in [2.75, 3.05) is 18.1 Å². The molecule has 6 heteroatoms. The van der Waals surface area contributed by atoms with Gasteiger partial charge in [-0.05, 0) is 44.9 Å². The van der Waals surface area contributed by atoms with Crippen molar-refractivity contribution in [1.82, 2.24) is 10.6 Å². The number of aliphatic imine (C=N–C) groups is 1. The lowest BCUT2D eigenvalue weighted by atomic mass is 9.86. The van der Waals surface area contributed by atoms with E-state index in [0.717, 1.165) is 12.4 Å². The molecular weight excluding hydrogens is 298 g/mol. The summed E-state index contributed by atoms with van der Waals surface area (Å²) in [4.78, 5) is 4.67. The van der Waals surface area contributed by atoms with E-state index in [2.05, 4.69) is 36.4 Å². The molecule has 0 aromatic rings. The van der Waals surface area contributed by atoms with Crippen LogP contribution >= 0.6 is 0 Å². The van der Waals surface area contributed by atoms with E-state index in [1.165, 1.54) is 25.7 Å². The van der Waals surface area contributed by atoms with Gasteiger partial charge in [0.15, 0.2) is 15.8 Å². The van der Waals surface area contributed by atoms with Gasteiger partial charge < -0.3 is 10.6 Å². The second kappa shape index (κ2) is 7.66. The third-order valence-electron chi connectivity index (χ3n) is 4.69. The Labute approximate surface area is 135 Å². The first-order chi connectivity index (χ1) is 10.4. The van der Waals surface area contributed by atoms with Crippen molar-refractivity contribution in [3.8, 4) is 0 Å². The van der Waals surface area contributed by atoms with E-state index in [-0.39, 0.29) is 5.92 Å². The number of nitrogens with one attached hydrogen (secondary N) is 2. The lowest BCUT2D eigenvalue weighted by Gasteiger charge is -2.31. The highest BCUT2D eigenvalue weighted by Gasteiger charge is 2.28. The summed E-state index contributed by atoms with van der Waals surface area (Å²) < 4.78 is 23.1. The molecule has 0 amide bonds. The maximum absolute atomic E-state index is 11.5. The van der Waals surface area contributed by atoms with E-state index in [0.29, 0.717) is 36.1 Å². The van der Waals surface area contributed by atoms with Gasteiger partial charge in [-0.3, -0.25) is 4.99 Å². The Bertz CT molecular complexity index is 488. The number of hydrogen-bond acceptors (Lipinski definition) is 3. The maximum Gasteiger partial charge on any atom is 0.191 e. The highest BCUT2D eigenvalue weighted by Crippen LogP contribution is 2.23. The third kappa shape index (κ3) is 5.45. The van der Waals surface area contributed by atoms with E-state index < -0.39 is 9.84 Å². The zero-order valence-corrected chi connectivity index (χ0v) is 15.0. The van der Waals surface area contributed by atoms with Gasteiger partial charge in [0.25, 0.3) is 0 Å². The first-order valence-corrected chi connectivity index (χ1v) is 10.5. The molecule has 22 heavy (non-hydrogen) atoms. The largest absolute Gasteiger partial charge is 0.354 e. The average Bonchev–Trinajstić information content (AvgIpc) is 2.77. The molecule has 3 atom stereocenters. The first kappa shape index (κ1) is 17.6.